The lowest BCUT2D eigenvalue weighted by molar-refractivity contribution is 0.338. The zero-order chi connectivity index (χ0) is 22.4. The number of hydrogen-bond acceptors (Lipinski definition) is 5. The Labute approximate surface area is 189 Å². The molecule has 0 amide bonds. The lowest BCUT2D eigenvalue weighted by atomic mass is 9.95. The molecule has 0 saturated heterocycles. The molecule has 1 aliphatic carbocycles. The number of nitrogens with zero attached hydrogens (tertiary/aromatic N) is 3. The molecule has 5 rings (SSSR count). The summed E-state index contributed by atoms with van der Waals surface area (Å²) in [6, 6.07) is 5.97. The van der Waals surface area contributed by atoms with Gasteiger partial charge in [-0.3, -0.25) is 14.3 Å². The summed E-state index contributed by atoms with van der Waals surface area (Å²) in [5.74, 6) is 0.713. The van der Waals surface area contributed by atoms with Crippen molar-refractivity contribution in [3.63, 3.8) is 0 Å². The van der Waals surface area contributed by atoms with E-state index in [2.05, 4.69) is 9.97 Å². The highest BCUT2D eigenvalue weighted by Crippen LogP contribution is 2.38. The molecule has 32 heavy (non-hydrogen) atoms. The molecule has 7 nitrogen and oxygen atoms in total. The molecule has 3 heterocycles. The third-order valence-electron chi connectivity index (χ3n) is 6.39. The van der Waals surface area contributed by atoms with Crippen LogP contribution in [0.15, 0.2) is 40.3 Å². The fraction of sp³-hybridized carbons (Fsp3) is 0.375. The fourth-order valence-corrected chi connectivity index (χ4v) is 5.95. The van der Waals surface area contributed by atoms with Crippen LogP contribution in [-0.2, 0) is 0 Å². The van der Waals surface area contributed by atoms with Gasteiger partial charge in [-0.05, 0) is 49.9 Å². The highest BCUT2D eigenvalue weighted by molar-refractivity contribution is 7.22. The van der Waals surface area contributed by atoms with Gasteiger partial charge in [0.25, 0.3) is 5.56 Å². The normalized spacial score (nSPS) is 14.8. The third-order valence-corrected chi connectivity index (χ3v) is 7.65. The maximum absolute atomic E-state index is 13.4. The largest absolute Gasteiger partial charge is 0.495 e. The van der Waals surface area contributed by atoms with Crippen molar-refractivity contribution in [3.05, 3.63) is 62.8 Å². The molecule has 0 bridgehead atoms. The van der Waals surface area contributed by atoms with Gasteiger partial charge in [0.1, 0.15) is 10.6 Å². The molecule has 8 heteroatoms. The fourth-order valence-electron chi connectivity index (χ4n) is 4.76. The summed E-state index contributed by atoms with van der Waals surface area (Å²) in [7, 11) is 1.64. The van der Waals surface area contributed by atoms with E-state index in [1.165, 1.54) is 22.3 Å². The Morgan fingerprint density at radius 1 is 1.16 bits per heavy atom. The second-order valence-corrected chi connectivity index (χ2v) is 9.49. The summed E-state index contributed by atoms with van der Waals surface area (Å²) >= 11 is 1.44. The Hall–Kier alpha value is -3.13. The van der Waals surface area contributed by atoms with Gasteiger partial charge >= 0.3 is 5.69 Å². The van der Waals surface area contributed by atoms with E-state index in [0.29, 0.717) is 16.0 Å². The summed E-state index contributed by atoms with van der Waals surface area (Å²) in [5.41, 5.74) is 3.19. The molecule has 1 aliphatic rings. The highest BCUT2D eigenvalue weighted by Gasteiger charge is 2.23. The molecule has 1 aromatic carbocycles. The van der Waals surface area contributed by atoms with Crippen LogP contribution in [0.25, 0.3) is 26.3 Å². The van der Waals surface area contributed by atoms with Crippen LogP contribution < -0.4 is 16.0 Å². The molecule has 0 unspecified atom stereocenters. The first-order valence-electron chi connectivity index (χ1n) is 10.9. The van der Waals surface area contributed by atoms with Crippen LogP contribution in [0, 0.1) is 13.8 Å². The molecule has 0 spiro atoms. The number of fused-ring (bicyclic) bond motifs is 1. The number of nitrogens with one attached hydrogen (secondary N) is 1. The SMILES string of the molecule is COc1cc(-c2sc3[nH]c(=O)n(C4CCCCC4)c(=O)c3c2C)ccc1-n1cnc(C)c1. The molecule has 1 N–H and O–H groups in total. The molecule has 4 aromatic rings. The van der Waals surface area contributed by atoms with Crippen molar-refractivity contribution in [2.75, 3.05) is 7.11 Å². The Bertz CT molecular complexity index is 1420. The van der Waals surface area contributed by atoms with E-state index in [1.54, 1.807) is 13.4 Å². The van der Waals surface area contributed by atoms with E-state index in [0.717, 1.165) is 53.1 Å². The number of ether oxygens (including phenoxy) is 1. The molecular formula is C24H26N4O3S. The summed E-state index contributed by atoms with van der Waals surface area (Å²) in [6.45, 7) is 3.90. The van der Waals surface area contributed by atoms with Crippen molar-refractivity contribution >= 4 is 21.6 Å². The van der Waals surface area contributed by atoms with E-state index in [4.69, 9.17) is 4.74 Å². The molecule has 0 aliphatic heterocycles. The van der Waals surface area contributed by atoms with Gasteiger partial charge in [-0.2, -0.15) is 0 Å². The van der Waals surface area contributed by atoms with Crippen molar-refractivity contribution in [2.45, 2.75) is 52.0 Å². The highest BCUT2D eigenvalue weighted by atomic mass is 32.1. The van der Waals surface area contributed by atoms with Crippen LogP contribution in [0.1, 0.15) is 49.4 Å². The number of H-pyrrole nitrogens is 1. The quantitative estimate of drug-likeness (QED) is 0.487. The third kappa shape index (κ3) is 3.39. The van der Waals surface area contributed by atoms with Gasteiger partial charge in [0, 0.05) is 17.1 Å². The number of benzene rings is 1. The molecular weight excluding hydrogens is 424 g/mol. The Kier molecular flexibility index (Phi) is 5.25. The average Bonchev–Trinajstić information content (AvgIpc) is 3.37. The van der Waals surface area contributed by atoms with E-state index in [1.807, 2.05) is 42.8 Å². The van der Waals surface area contributed by atoms with Crippen LogP contribution in [0.4, 0.5) is 0 Å². The van der Waals surface area contributed by atoms with Gasteiger partial charge in [-0.25, -0.2) is 9.78 Å². The number of aryl methyl sites for hydroxylation is 2. The van der Waals surface area contributed by atoms with E-state index in [9.17, 15) is 9.59 Å². The first-order chi connectivity index (χ1) is 15.5. The van der Waals surface area contributed by atoms with Crippen LogP contribution in [-0.4, -0.2) is 26.2 Å². The summed E-state index contributed by atoms with van der Waals surface area (Å²) in [5, 5.41) is 0.614. The number of rotatable bonds is 4. The number of methoxy groups -OCH3 is 1. The van der Waals surface area contributed by atoms with Gasteiger partial charge in [-0.1, -0.05) is 25.3 Å². The average molecular weight is 451 g/mol. The second kappa shape index (κ2) is 8.09. The van der Waals surface area contributed by atoms with Crippen LogP contribution in [0.3, 0.4) is 0 Å². The number of aromatic nitrogens is 4. The lowest BCUT2D eigenvalue weighted by Crippen LogP contribution is -2.38. The summed E-state index contributed by atoms with van der Waals surface area (Å²) in [4.78, 5) is 35.1. The van der Waals surface area contributed by atoms with Gasteiger partial charge in [0.2, 0.25) is 0 Å². The molecule has 3 aromatic heterocycles. The standard InChI is InChI=1S/C24H26N4O3S/c1-14-12-27(13-25-14)18-10-9-16(11-19(18)31-3)21-15(2)20-22(32-21)26-24(30)28(23(20)29)17-7-5-4-6-8-17/h9-13,17H,4-8H2,1-3H3,(H,26,30). The van der Waals surface area contributed by atoms with E-state index in [-0.39, 0.29) is 17.3 Å². The first kappa shape index (κ1) is 20.8. The van der Waals surface area contributed by atoms with Gasteiger partial charge in [0.15, 0.2) is 0 Å². The Balaban J connectivity index is 1.63. The summed E-state index contributed by atoms with van der Waals surface area (Å²) < 4.78 is 9.04. The molecule has 0 radical (unpaired) electrons. The van der Waals surface area contributed by atoms with Gasteiger partial charge in [-0.15, -0.1) is 11.3 Å². The number of hydrogen-bond donors (Lipinski definition) is 1. The van der Waals surface area contributed by atoms with E-state index >= 15 is 0 Å². The van der Waals surface area contributed by atoms with Crippen LogP contribution in [0.2, 0.25) is 0 Å². The van der Waals surface area contributed by atoms with Crippen molar-refractivity contribution in [2.24, 2.45) is 0 Å². The first-order valence-corrected chi connectivity index (χ1v) is 11.8. The van der Waals surface area contributed by atoms with Gasteiger partial charge in [0.05, 0.1) is 30.2 Å². The zero-order valence-electron chi connectivity index (χ0n) is 18.5. The number of thiophene rings is 1. The zero-order valence-corrected chi connectivity index (χ0v) is 19.3. The van der Waals surface area contributed by atoms with Crippen molar-refractivity contribution in [3.8, 4) is 21.9 Å². The maximum Gasteiger partial charge on any atom is 0.329 e. The van der Waals surface area contributed by atoms with Crippen LogP contribution in [0.5, 0.6) is 5.75 Å². The Morgan fingerprint density at radius 2 is 1.94 bits per heavy atom. The number of aromatic amines is 1. The smallest absolute Gasteiger partial charge is 0.329 e. The topological polar surface area (TPSA) is 81.9 Å². The second-order valence-electron chi connectivity index (χ2n) is 8.47. The van der Waals surface area contributed by atoms with Crippen LogP contribution >= 0.6 is 11.3 Å². The minimum Gasteiger partial charge on any atom is -0.495 e. The maximum atomic E-state index is 13.4. The predicted octanol–water partition coefficient (Wildman–Crippen LogP) is 4.73. The Morgan fingerprint density at radius 3 is 2.62 bits per heavy atom. The molecule has 0 atom stereocenters. The molecule has 1 fully saturated rings. The summed E-state index contributed by atoms with van der Waals surface area (Å²) in [6.07, 6.45) is 8.77. The minimum atomic E-state index is -0.300. The van der Waals surface area contributed by atoms with Crippen molar-refractivity contribution in [1.29, 1.82) is 0 Å². The number of imidazole rings is 1. The monoisotopic (exact) mass is 450 g/mol. The van der Waals surface area contributed by atoms with Crippen molar-refractivity contribution in [1.82, 2.24) is 19.1 Å². The molecule has 166 valence electrons. The lowest BCUT2D eigenvalue weighted by Gasteiger charge is -2.22. The van der Waals surface area contributed by atoms with Gasteiger partial charge < -0.3 is 9.30 Å². The molecule has 1 saturated carbocycles. The minimum absolute atomic E-state index is 0.00911. The van der Waals surface area contributed by atoms with Crippen molar-refractivity contribution < 1.29 is 4.74 Å². The predicted molar refractivity (Wildman–Crippen MR) is 127 cm³/mol. The van der Waals surface area contributed by atoms with E-state index < -0.39 is 0 Å².